The van der Waals surface area contributed by atoms with Crippen LogP contribution >= 0.6 is 0 Å². The lowest BCUT2D eigenvalue weighted by Gasteiger charge is -2.40. The second-order valence-electron chi connectivity index (χ2n) is 8.11. The molecular weight excluding hydrogens is 402 g/mol. The van der Waals surface area contributed by atoms with Crippen LogP contribution in [0.25, 0.3) is 0 Å². The summed E-state index contributed by atoms with van der Waals surface area (Å²) in [7, 11) is 0. The Morgan fingerprint density at radius 1 is 0.839 bits per heavy atom. The Bertz CT molecular complexity index is 921. The number of ether oxygens (including phenoxy) is 1. The summed E-state index contributed by atoms with van der Waals surface area (Å²) in [6.07, 6.45) is 3.74. The van der Waals surface area contributed by atoms with Crippen LogP contribution in [0.4, 0.5) is 8.78 Å². The van der Waals surface area contributed by atoms with Gasteiger partial charge in [-0.2, -0.15) is 8.78 Å². The van der Waals surface area contributed by atoms with Crippen LogP contribution in [0.1, 0.15) is 41.6 Å². The number of alkyl halides is 2. The highest BCUT2D eigenvalue weighted by molar-refractivity contribution is 5.97. The van der Waals surface area contributed by atoms with Gasteiger partial charge >= 0.3 is 6.61 Å². The van der Waals surface area contributed by atoms with Gasteiger partial charge in [0.2, 0.25) is 5.91 Å². The van der Waals surface area contributed by atoms with E-state index < -0.39 is 12.0 Å². The first-order valence-corrected chi connectivity index (χ1v) is 10.7. The third kappa shape index (κ3) is 4.27. The second-order valence-corrected chi connectivity index (χ2v) is 8.11. The molecular formula is C24H26F2N2O3. The fourth-order valence-electron chi connectivity index (χ4n) is 4.79. The average molecular weight is 428 g/mol. The van der Waals surface area contributed by atoms with Gasteiger partial charge in [-0.15, -0.1) is 0 Å². The molecule has 0 N–H and O–H groups in total. The molecule has 5 nitrogen and oxygen atoms in total. The van der Waals surface area contributed by atoms with Crippen molar-refractivity contribution < 1.29 is 23.1 Å². The topological polar surface area (TPSA) is 49.9 Å². The Hall–Kier alpha value is -2.96. The summed E-state index contributed by atoms with van der Waals surface area (Å²) in [6, 6.07) is 16.0. The molecule has 2 aromatic rings. The van der Waals surface area contributed by atoms with Gasteiger partial charge in [-0.1, -0.05) is 55.3 Å². The SMILES string of the molecule is O=C(c1ccccc1OC(F)F)N1CCN(C(=O)C2(c3ccccc3)CCCC2)CC1. The normalized spacial score (nSPS) is 18.3. The molecule has 7 heteroatoms. The summed E-state index contributed by atoms with van der Waals surface area (Å²) in [6.45, 7) is -1.42. The van der Waals surface area contributed by atoms with E-state index in [2.05, 4.69) is 4.74 Å². The number of amides is 2. The summed E-state index contributed by atoms with van der Waals surface area (Å²) in [4.78, 5) is 29.9. The molecule has 2 aromatic carbocycles. The van der Waals surface area contributed by atoms with E-state index in [0.717, 1.165) is 31.2 Å². The van der Waals surface area contributed by atoms with Crippen LogP contribution in [-0.4, -0.2) is 54.4 Å². The lowest BCUT2D eigenvalue weighted by Crippen LogP contribution is -2.55. The minimum absolute atomic E-state index is 0.110. The van der Waals surface area contributed by atoms with Gasteiger partial charge in [0.15, 0.2) is 0 Å². The number of para-hydroxylation sites is 1. The van der Waals surface area contributed by atoms with Crippen LogP contribution in [0.5, 0.6) is 5.75 Å². The summed E-state index contributed by atoms with van der Waals surface area (Å²) in [5.74, 6) is -0.360. The van der Waals surface area contributed by atoms with Gasteiger partial charge in [0, 0.05) is 26.2 Å². The van der Waals surface area contributed by atoms with E-state index in [1.165, 1.54) is 12.1 Å². The van der Waals surface area contributed by atoms with Crippen molar-refractivity contribution in [2.75, 3.05) is 26.2 Å². The third-order valence-corrected chi connectivity index (χ3v) is 6.38. The fourth-order valence-corrected chi connectivity index (χ4v) is 4.79. The Balaban J connectivity index is 1.45. The molecule has 4 rings (SSSR count). The Morgan fingerprint density at radius 3 is 2.06 bits per heavy atom. The van der Waals surface area contributed by atoms with Crippen molar-refractivity contribution >= 4 is 11.8 Å². The van der Waals surface area contributed by atoms with Gasteiger partial charge in [0.05, 0.1) is 11.0 Å². The van der Waals surface area contributed by atoms with E-state index in [-0.39, 0.29) is 23.1 Å². The monoisotopic (exact) mass is 428 g/mol. The van der Waals surface area contributed by atoms with E-state index in [0.29, 0.717) is 26.2 Å². The smallest absolute Gasteiger partial charge is 0.387 e. The van der Waals surface area contributed by atoms with Gasteiger partial charge < -0.3 is 14.5 Å². The van der Waals surface area contributed by atoms with E-state index in [9.17, 15) is 18.4 Å². The number of carbonyl (C=O) groups is 2. The van der Waals surface area contributed by atoms with Gasteiger partial charge in [-0.05, 0) is 30.5 Å². The van der Waals surface area contributed by atoms with E-state index >= 15 is 0 Å². The third-order valence-electron chi connectivity index (χ3n) is 6.38. The zero-order valence-electron chi connectivity index (χ0n) is 17.3. The molecule has 0 bridgehead atoms. The zero-order valence-corrected chi connectivity index (χ0v) is 17.3. The molecule has 0 aromatic heterocycles. The minimum atomic E-state index is -3.00. The predicted molar refractivity (Wildman–Crippen MR) is 112 cm³/mol. The van der Waals surface area contributed by atoms with Crippen molar-refractivity contribution in [2.24, 2.45) is 0 Å². The van der Waals surface area contributed by atoms with Crippen LogP contribution in [0.3, 0.4) is 0 Å². The number of carbonyl (C=O) groups excluding carboxylic acids is 2. The lowest BCUT2D eigenvalue weighted by molar-refractivity contribution is -0.138. The lowest BCUT2D eigenvalue weighted by atomic mass is 9.77. The quantitative estimate of drug-likeness (QED) is 0.721. The highest BCUT2D eigenvalue weighted by atomic mass is 19.3. The van der Waals surface area contributed by atoms with Crippen LogP contribution in [0.2, 0.25) is 0 Å². The Labute approximate surface area is 180 Å². The van der Waals surface area contributed by atoms with Gasteiger partial charge in [-0.25, -0.2) is 0 Å². The van der Waals surface area contributed by atoms with E-state index in [1.54, 1.807) is 17.0 Å². The molecule has 1 heterocycles. The van der Waals surface area contributed by atoms with Crippen molar-refractivity contribution in [3.63, 3.8) is 0 Å². The maximum absolute atomic E-state index is 13.6. The first-order chi connectivity index (χ1) is 15.0. The van der Waals surface area contributed by atoms with Crippen molar-refractivity contribution in [1.29, 1.82) is 0 Å². The maximum Gasteiger partial charge on any atom is 0.387 e. The number of rotatable bonds is 5. The first-order valence-electron chi connectivity index (χ1n) is 10.7. The molecule has 0 unspecified atom stereocenters. The molecule has 1 saturated heterocycles. The summed E-state index contributed by atoms with van der Waals surface area (Å²) in [5, 5.41) is 0. The molecule has 2 aliphatic rings. The van der Waals surface area contributed by atoms with Crippen molar-refractivity contribution in [2.45, 2.75) is 37.7 Å². The maximum atomic E-state index is 13.6. The average Bonchev–Trinajstić information content (AvgIpc) is 3.30. The van der Waals surface area contributed by atoms with Crippen molar-refractivity contribution in [3.05, 3.63) is 65.7 Å². The van der Waals surface area contributed by atoms with Gasteiger partial charge in [0.25, 0.3) is 5.91 Å². The standard InChI is InChI=1S/C24H26F2N2O3/c25-23(26)31-20-11-5-4-10-19(20)21(29)27-14-16-28(17-15-27)22(30)24(12-6-7-13-24)18-8-2-1-3-9-18/h1-5,8-11,23H,6-7,12-17H2. The first kappa shape index (κ1) is 21.3. The van der Waals surface area contributed by atoms with E-state index in [4.69, 9.17) is 0 Å². The van der Waals surface area contributed by atoms with Gasteiger partial charge in [0.1, 0.15) is 5.75 Å². The Kier molecular flexibility index (Phi) is 6.20. The molecule has 0 radical (unpaired) electrons. The van der Waals surface area contributed by atoms with Crippen molar-refractivity contribution in [1.82, 2.24) is 9.80 Å². The molecule has 0 atom stereocenters. The van der Waals surface area contributed by atoms with Crippen LogP contribution in [0.15, 0.2) is 54.6 Å². The summed E-state index contributed by atoms with van der Waals surface area (Å²) < 4.78 is 29.9. The van der Waals surface area contributed by atoms with Crippen molar-refractivity contribution in [3.8, 4) is 5.75 Å². The van der Waals surface area contributed by atoms with E-state index in [1.807, 2.05) is 35.2 Å². The molecule has 1 saturated carbocycles. The molecule has 2 amide bonds. The number of nitrogens with zero attached hydrogens (tertiary/aromatic N) is 2. The Morgan fingerprint density at radius 2 is 1.42 bits per heavy atom. The molecule has 2 fully saturated rings. The molecule has 1 aliphatic carbocycles. The number of hydrogen-bond donors (Lipinski definition) is 0. The molecule has 164 valence electrons. The highest BCUT2D eigenvalue weighted by Gasteiger charge is 2.45. The summed E-state index contributed by atoms with van der Waals surface area (Å²) >= 11 is 0. The molecule has 31 heavy (non-hydrogen) atoms. The summed E-state index contributed by atoms with van der Waals surface area (Å²) in [5.41, 5.74) is 0.693. The largest absolute Gasteiger partial charge is 0.434 e. The number of benzene rings is 2. The number of hydrogen-bond acceptors (Lipinski definition) is 3. The second kappa shape index (κ2) is 9.04. The zero-order chi connectivity index (χ0) is 21.8. The highest BCUT2D eigenvalue weighted by Crippen LogP contribution is 2.42. The molecule has 1 aliphatic heterocycles. The van der Waals surface area contributed by atoms with Crippen LogP contribution < -0.4 is 4.74 Å². The number of piperazine rings is 1. The van der Waals surface area contributed by atoms with Crippen LogP contribution in [-0.2, 0) is 10.2 Å². The van der Waals surface area contributed by atoms with Crippen LogP contribution in [0, 0.1) is 0 Å². The number of halogens is 2. The van der Waals surface area contributed by atoms with Gasteiger partial charge in [-0.3, -0.25) is 9.59 Å². The minimum Gasteiger partial charge on any atom is -0.434 e. The predicted octanol–water partition coefficient (Wildman–Crippen LogP) is 4.08. The molecule has 0 spiro atoms. The fraction of sp³-hybridized carbons (Fsp3) is 0.417.